The van der Waals surface area contributed by atoms with Gasteiger partial charge < -0.3 is 10.4 Å². The van der Waals surface area contributed by atoms with Gasteiger partial charge in [-0.05, 0) is 29.8 Å². The highest BCUT2D eigenvalue weighted by Gasteiger charge is 2.08. The van der Waals surface area contributed by atoms with Crippen LogP contribution in [0.15, 0.2) is 36.5 Å². The monoisotopic (exact) mass is 324 g/mol. The SMILES string of the molecule is O=C(Cc1ccc(Cl)c(Cl)c1)Nc1ccc(C(=O)O)cn1. The number of pyridine rings is 1. The third-order valence-electron chi connectivity index (χ3n) is 2.63. The number of halogens is 2. The van der Waals surface area contributed by atoms with E-state index in [1.54, 1.807) is 18.2 Å². The summed E-state index contributed by atoms with van der Waals surface area (Å²) in [6.07, 6.45) is 1.29. The molecule has 108 valence electrons. The molecule has 1 aromatic heterocycles. The fourth-order valence-corrected chi connectivity index (χ4v) is 1.94. The summed E-state index contributed by atoms with van der Waals surface area (Å²) in [6, 6.07) is 7.73. The van der Waals surface area contributed by atoms with Crippen LogP contribution in [0.2, 0.25) is 10.0 Å². The Kier molecular flexibility index (Phi) is 4.77. The molecule has 0 saturated heterocycles. The van der Waals surface area contributed by atoms with Crippen molar-refractivity contribution in [3.8, 4) is 0 Å². The predicted octanol–water partition coefficient (Wildman–Crippen LogP) is 3.27. The van der Waals surface area contributed by atoms with Gasteiger partial charge in [0.25, 0.3) is 0 Å². The smallest absolute Gasteiger partial charge is 0.337 e. The molecule has 0 fully saturated rings. The van der Waals surface area contributed by atoms with Gasteiger partial charge in [-0.2, -0.15) is 0 Å². The van der Waals surface area contributed by atoms with Crippen LogP contribution in [-0.2, 0) is 11.2 Å². The number of anilines is 1. The van der Waals surface area contributed by atoms with Crippen LogP contribution in [0.5, 0.6) is 0 Å². The highest BCUT2D eigenvalue weighted by molar-refractivity contribution is 6.42. The van der Waals surface area contributed by atoms with Crippen molar-refractivity contribution in [2.45, 2.75) is 6.42 Å². The van der Waals surface area contributed by atoms with Crippen LogP contribution in [0.3, 0.4) is 0 Å². The molecule has 1 amide bonds. The number of benzene rings is 1. The number of hydrogen-bond donors (Lipinski definition) is 2. The average molecular weight is 325 g/mol. The number of rotatable bonds is 4. The van der Waals surface area contributed by atoms with E-state index in [4.69, 9.17) is 28.3 Å². The van der Waals surface area contributed by atoms with Crippen LogP contribution in [-0.4, -0.2) is 22.0 Å². The fourth-order valence-electron chi connectivity index (χ4n) is 1.62. The quantitative estimate of drug-likeness (QED) is 0.904. The second kappa shape index (κ2) is 6.56. The summed E-state index contributed by atoms with van der Waals surface area (Å²) in [5.74, 6) is -1.08. The van der Waals surface area contributed by atoms with E-state index in [0.717, 1.165) is 0 Å². The van der Waals surface area contributed by atoms with Crippen molar-refractivity contribution in [1.82, 2.24) is 4.98 Å². The van der Waals surface area contributed by atoms with Gasteiger partial charge in [0.15, 0.2) is 0 Å². The Morgan fingerprint density at radius 2 is 1.90 bits per heavy atom. The number of hydrogen-bond acceptors (Lipinski definition) is 3. The summed E-state index contributed by atoms with van der Waals surface area (Å²) in [5, 5.41) is 12.1. The molecule has 2 N–H and O–H groups in total. The lowest BCUT2D eigenvalue weighted by atomic mass is 10.1. The first-order valence-corrected chi connectivity index (χ1v) is 6.64. The molecule has 0 radical (unpaired) electrons. The summed E-state index contributed by atoms with van der Waals surface area (Å²) >= 11 is 11.7. The van der Waals surface area contributed by atoms with E-state index in [1.165, 1.54) is 18.3 Å². The van der Waals surface area contributed by atoms with Gasteiger partial charge in [0, 0.05) is 6.20 Å². The number of nitrogens with one attached hydrogen (secondary N) is 1. The van der Waals surface area contributed by atoms with Crippen molar-refractivity contribution in [1.29, 1.82) is 0 Å². The van der Waals surface area contributed by atoms with Crippen molar-refractivity contribution in [2.75, 3.05) is 5.32 Å². The summed E-state index contributed by atoms with van der Waals surface area (Å²) in [4.78, 5) is 26.4. The van der Waals surface area contributed by atoms with E-state index in [2.05, 4.69) is 10.3 Å². The second-order valence-electron chi connectivity index (χ2n) is 4.21. The third kappa shape index (κ3) is 4.18. The molecule has 0 unspecified atom stereocenters. The first-order valence-electron chi connectivity index (χ1n) is 5.89. The minimum atomic E-state index is -1.07. The summed E-state index contributed by atoms with van der Waals surface area (Å²) < 4.78 is 0. The molecule has 0 aliphatic rings. The summed E-state index contributed by atoms with van der Waals surface area (Å²) in [7, 11) is 0. The summed E-state index contributed by atoms with van der Waals surface area (Å²) in [6.45, 7) is 0. The van der Waals surface area contributed by atoms with Crippen molar-refractivity contribution >= 4 is 40.9 Å². The normalized spacial score (nSPS) is 10.2. The Balaban J connectivity index is 2.01. The molecule has 0 aliphatic heterocycles. The average Bonchev–Trinajstić information content (AvgIpc) is 2.43. The van der Waals surface area contributed by atoms with Gasteiger partial charge in [0.2, 0.25) is 5.91 Å². The number of nitrogens with zero attached hydrogens (tertiary/aromatic N) is 1. The largest absolute Gasteiger partial charge is 0.478 e. The number of aromatic carboxylic acids is 1. The predicted molar refractivity (Wildman–Crippen MR) is 80.0 cm³/mol. The van der Waals surface area contributed by atoms with Gasteiger partial charge in [0.05, 0.1) is 22.0 Å². The van der Waals surface area contributed by atoms with Crippen LogP contribution in [0, 0.1) is 0 Å². The van der Waals surface area contributed by atoms with Gasteiger partial charge in [-0.15, -0.1) is 0 Å². The topological polar surface area (TPSA) is 79.3 Å². The molecule has 0 atom stereocenters. The molecule has 0 saturated carbocycles. The lowest BCUT2D eigenvalue weighted by Crippen LogP contribution is -2.15. The van der Waals surface area contributed by atoms with Gasteiger partial charge in [0.1, 0.15) is 5.82 Å². The van der Waals surface area contributed by atoms with Crippen LogP contribution < -0.4 is 5.32 Å². The maximum Gasteiger partial charge on any atom is 0.337 e. The van der Waals surface area contributed by atoms with Crippen molar-refractivity contribution in [3.63, 3.8) is 0 Å². The molecule has 21 heavy (non-hydrogen) atoms. The molecule has 2 aromatic rings. The number of carboxylic acids is 1. The maximum atomic E-state index is 11.9. The Bertz CT molecular complexity index is 687. The minimum Gasteiger partial charge on any atom is -0.478 e. The lowest BCUT2D eigenvalue weighted by molar-refractivity contribution is -0.115. The second-order valence-corrected chi connectivity index (χ2v) is 5.03. The van der Waals surface area contributed by atoms with Gasteiger partial charge in [-0.3, -0.25) is 4.79 Å². The molecule has 0 aliphatic carbocycles. The minimum absolute atomic E-state index is 0.0532. The van der Waals surface area contributed by atoms with E-state index in [9.17, 15) is 9.59 Å². The Labute approximate surface area is 130 Å². The molecule has 2 rings (SSSR count). The number of amides is 1. The summed E-state index contributed by atoms with van der Waals surface area (Å²) in [5.41, 5.74) is 0.765. The Hall–Kier alpha value is -2.11. The maximum absolute atomic E-state index is 11.9. The molecule has 7 heteroatoms. The Morgan fingerprint density at radius 1 is 1.14 bits per heavy atom. The molecule has 0 spiro atoms. The van der Waals surface area contributed by atoms with E-state index >= 15 is 0 Å². The molecule has 5 nitrogen and oxygen atoms in total. The van der Waals surface area contributed by atoms with Gasteiger partial charge >= 0.3 is 5.97 Å². The fraction of sp³-hybridized carbons (Fsp3) is 0.0714. The van der Waals surface area contributed by atoms with Crippen molar-refractivity contribution < 1.29 is 14.7 Å². The van der Waals surface area contributed by atoms with E-state index in [0.29, 0.717) is 15.6 Å². The van der Waals surface area contributed by atoms with Crippen LogP contribution >= 0.6 is 23.2 Å². The highest BCUT2D eigenvalue weighted by Crippen LogP contribution is 2.22. The zero-order valence-electron chi connectivity index (χ0n) is 10.6. The van der Waals surface area contributed by atoms with Gasteiger partial charge in [-0.1, -0.05) is 29.3 Å². The zero-order chi connectivity index (χ0) is 15.4. The number of carbonyl (C=O) groups excluding carboxylic acids is 1. The zero-order valence-corrected chi connectivity index (χ0v) is 12.1. The molecule has 1 heterocycles. The number of carbonyl (C=O) groups is 2. The van der Waals surface area contributed by atoms with Gasteiger partial charge in [-0.25, -0.2) is 9.78 Å². The van der Waals surface area contributed by atoms with E-state index in [-0.39, 0.29) is 23.7 Å². The van der Waals surface area contributed by atoms with Crippen molar-refractivity contribution in [3.05, 3.63) is 57.7 Å². The first-order chi connectivity index (χ1) is 9.95. The van der Waals surface area contributed by atoms with E-state index in [1.807, 2.05) is 0 Å². The van der Waals surface area contributed by atoms with Crippen LogP contribution in [0.25, 0.3) is 0 Å². The molecule has 1 aromatic carbocycles. The van der Waals surface area contributed by atoms with Crippen LogP contribution in [0.1, 0.15) is 15.9 Å². The van der Waals surface area contributed by atoms with Crippen LogP contribution in [0.4, 0.5) is 5.82 Å². The number of aromatic nitrogens is 1. The number of carboxylic acid groups (broad SMARTS) is 1. The third-order valence-corrected chi connectivity index (χ3v) is 3.37. The Morgan fingerprint density at radius 3 is 2.48 bits per heavy atom. The molecular formula is C14H10Cl2N2O3. The lowest BCUT2D eigenvalue weighted by Gasteiger charge is -2.05. The van der Waals surface area contributed by atoms with E-state index < -0.39 is 5.97 Å². The standard InChI is InChI=1S/C14H10Cl2N2O3/c15-10-3-1-8(5-11(10)16)6-13(19)18-12-4-2-9(7-17-12)14(20)21/h1-5,7H,6H2,(H,20,21)(H,17,18,19). The molecule has 0 bridgehead atoms. The first kappa shape index (κ1) is 15.3. The molecular weight excluding hydrogens is 315 g/mol. The highest BCUT2D eigenvalue weighted by atomic mass is 35.5. The van der Waals surface area contributed by atoms with Crippen molar-refractivity contribution in [2.24, 2.45) is 0 Å².